The van der Waals surface area contributed by atoms with Gasteiger partial charge in [0.05, 0.1) is 0 Å². The van der Waals surface area contributed by atoms with E-state index in [4.69, 9.17) is 5.73 Å². The molecular formula is C6H12FN. The molecule has 0 aromatic carbocycles. The van der Waals surface area contributed by atoms with Crippen LogP contribution in [0, 0.1) is 0 Å². The fraction of sp³-hybridized carbons (Fsp3) is 1.00. The summed E-state index contributed by atoms with van der Waals surface area (Å²) >= 11 is 0. The Morgan fingerprint density at radius 1 is 1.62 bits per heavy atom. The quantitative estimate of drug-likeness (QED) is 0.549. The van der Waals surface area contributed by atoms with E-state index in [1.165, 1.54) is 0 Å². The second-order valence-corrected chi connectivity index (χ2v) is 2.70. The zero-order valence-electron chi connectivity index (χ0n) is 5.15. The standard InChI is InChI=1S/C6H12FN/c1-5(7)6(8)3-2-4-6/h5H,2-4,8H2,1H3. The van der Waals surface area contributed by atoms with Crippen LogP contribution in [-0.2, 0) is 0 Å². The summed E-state index contributed by atoms with van der Waals surface area (Å²) in [6, 6.07) is 0. The first-order chi connectivity index (χ1) is 3.65. The summed E-state index contributed by atoms with van der Waals surface area (Å²) in [5.74, 6) is 0. The highest BCUT2D eigenvalue weighted by atomic mass is 19.1. The molecule has 1 rings (SSSR count). The molecule has 1 saturated carbocycles. The van der Waals surface area contributed by atoms with Crippen molar-refractivity contribution in [2.75, 3.05) is 0 Å². The van der Waals surface area contributed by atoms with Gasteiger partial charge < -0.3 is 5.73 Å². The number of hydrogen-bond acceptors (Lipinski definition) is 1. The van der Waals surface area contributed by atoms with Crippen molar-refractivity contribution >= 4 is 0 Å². The molecular weight excluding hydrogens is 105 g/mol. The third-order valence-corrected chi connectivity index (χ3v) is 2.08. The van der Waals surface area contributed by atoms with Crippen molar-refractivity contribution < 1.29 is 4.39 Å². The summed E-state index contributed by atoms with van der Waals surface area (Å²) in [4.78, 5) is 0. The first-order valence-electron chi connectivity index (χ1n) is 3.08. The maximum absolute atomic E-state index is 12.4. The van der Waals surface area contributed by atoms with Gasteiger partial charge in [-0.1, -0.05) is 0 Å². The summed E-state index contributed by atoms with van der Waals surface area (Å²) in [6.45, 7) is 1.54. The normalized spacial score (nSPS) is 28.9. The van der Waals surface area contributed by atoms with Crippen molar-refractivity contribution in [3.8, 4) is 0 Å². The number of halogens is 1. The van der Waals surface area contributed by atoms with Gasteiger partial charge in [-0.2, -0.15) is 0 Å². The van der Waals surface area contributed by atoms with Crippen molar-refractivity contribution in [3.05, 3.63) is 0 Å². The van der Waals surface area contributed by atoms with Crippen LogP contribution in [0.3, 0.4) is 0 Å². The molecule has 0 aromatic heterocycles. The predicted octanol–water partition coefficient (Wildman–Crippen LogP) is 1.23. The highest BCUT2D eigenvalue weighted by Crippen LogP contribution is 2.33. The minimum atomic E-state index is -0.823. The van der Waals surface area contributed by atoms with Crippen molar-refractivity contribution in [1.29, 1.82) is 0 Å². The fourth-order valence-corrected chi connectivity index (χ4v) is 0.983. The van der Waals surface area contributed by atoms with Crippen molar-refractivity contribution in [2.45, 2.75) is 37.9 Å². The third kappa shape index (κ3) is 0.730. The van der Waals surface area contributed by atoms with E-state index in [0.717, 1.165) is 19.3 Å². The average Bonchev–Trinajstić information content (AvgIpc) is 1.60. The van der Waals surface area contributed by atoms with Crippen LogP contribution in [0.1, 0.15) is 26.2 Å². The smallest absolute Gasteiger partial charge is 0.115 e. The van der Waals surface area contributed by atoms with Gasteiger partial charge in [0, 0.05) is 5.54 Å². The maximum Gasteiger partial charge on any atom is 0.115 e. The third-order valence-electron chi connectivity index (χ3n) is 2.08. The Morgan fingerprint density at radius 3 is 2.12 bits per heavy atom. The Balaban J connectivity index is 2.41. The maximum atomic E-state index is 12.4. The van der Waals surface area contributed by atoms with E-state index in [1.54, 1.807) is 6.92 Å². The molecule has 48 valence electrons. The van der Waals surface area contributed by atoms with E-state index in [0.29, 0.717) is 0 Å². The van der Waals surface area contributed by atoms with Crippen molar-refractivity contribution in [3.63, 3.8) is 0 Å². The van der Waals surface area contributed by atoms with E-state index in [1.807, 2.05) is 0 Å². The molecule has 0 bridgehead atoms. The molecule has 1 fully saturated rings. The molecule has 1 nitrogen and oxygen atoms in total. The summed E-state index contributed by atoms with van der Waals surface area (Å²) in [5, 5.41) is 0. The Hall–Kier alpha value is -0.110. The van der Waals surface area contributed by atoms with Crippen LogP contribution in [0.2, 0.25) is 0 Å². The van der Waals surface area contributed by atoms with Gasteiger partial charge in [0.15, 0.2) is 0 Å². The van der Waals surface area contributed by atoms with Gasteiger partial charge in [-0.25, -0.2) is 4.39 Å². The molecule has 1 aliphatic rings. The monoisotopic (exact) mass is 117 g/mol. The van der Waals surface area contributed by atoms with Crippen LogP contribution in [0.5, 0.6) is 0 Å². The lowest BCUT2D eigenvalue weighted by Crippen LogP contribution is -2.53. The zero-order chi connectivity index (χ0) is 6.20. The molecule has 0 radical (unpaired) electrons. The van der Waals surface area contributed by atoms with Gasteiger partial charge in [-0.05, 0) is 26.2 Å². The lowest BCUT2D eigenvalue weighted by molar-refractivity contribution is 0.121. The number of hydrogen-bond donors (Lipinski definition) is 1. The molecule has 8 heavy (non-hydrogen) atoms. The Labute approximate surface area is 49.1 Å². The minimum absolute atomic E-state index is 0.444. The molecule has 0 amide bonds. The number of alkyl halides is 1. The van der Waals surface area contributed by atoms with Crippen LogP contribution < -0.4 is 5.73 Å². The van der Waals surface area contributed by atoms with Crippen LogP contribution in [0.25, 0.3) is 0 Å². The van der Waals surface area contributed by atoms with Crippen LogP contribution in [-0.4, -0.2) is 11.7 Å². The topological polar surface area (TPSA) is 26.0 Å². The van der Waals surface area contributed by atoms with Gasteiger partial charge in [0.25, 0.3) is 0 Å². The van der Waals surface area contributed by atoms with Crippen LogP contribution in [0.4, 0.5) is 4.39 Å². The number of rotatable bonds is 1. The van der Waals surface area contributed by atoms with Crippen LogP contribution in [0.15, 0.2) is 0 Å². The summed E-state index contributed by atoms with van der Waals surface area (Å²) in [5.41, 5.74) is 5.13. The highest BCUT2D eigenvalue weighted by molar-refractivity contribution is 4.96. The van der Waals surface area contributed by atoms with E-state index < -0.39 is 11.7 Å². The number of nitrogens with two attached hydrogens (primary N) is 1. The van der Waals surface area contributed by atoms with Gasteiger partial charge in [-0.3, -0.25) is 0 Å². The lowest BCUT2D eigenvalue weighted by Gasteiger charge is -2.39. The molecule has 0 aromatic rings. The summed E-state index contributed by atoms with van der Waals surface area (Å²) < 4.78 is 12.4. The van der Waals surface area contributed by atoms with Gasteiger partial charge in [0.2, 0.25) is 0 Å². The van der Waals surface area contributed by atoms with E-state index in [9.17, 15) is 4.39 Å². The first kappa shape index (κ1) is 6.02. The second-order valence-electron chi connectivity index (χ2n) is 2.70. The largest absolute Gasteiger partial charge is 0.323 e. The lowest BCUT2D eigenvalue weighted by atomic mass is 9.75. The second kappa shape index (κ2) is 1.69. The summed E-state index contributed by atoms with van der Waals surface area (Å²) in [6.07, 6.45) is 2.01. The molecule has 0 heterocycles. The predicted molar refractivity (Wildman–Crippen MR) is 31.3 cm³/mol. The average molecular weight is 117 g/mol. The van der Waals surface area contributed by atoms with Gasteiger partial charge >= 0.3 is 0 Å². The molecule has 0 aliphatic heterocycles. The fourth-order valence-electron chi connectivity index (χ4n) is 0.983. The molecule has 2 heteroatoms. The minimum Gasteiger partial charge on any atom is -0.323 e. The van der Waals surface area contributed by atoms with Crippen molar-refractivity contribution in [1.82, 2.24) is 0 Å². The molecule has 1 aliphatic carbocycles. The van der Waals surface area contributed by atoms with E-state index in [2.05, 4.69) is 0 Å². The SMILES string of the molecule is CC(F)C1(N)CCC1. The Kier molecular flexibility index (Phi) is 1.27. The summed E-state index contributed by atoms with van der Waals surface area (Å²) in [7, 11) is 0. The van der Waals surface area contributed by atoms with Crippen molar-refractivity contribution in [2.24, 2.45) is 5.73 Å². The van der Waals surface area contributed by atoms with E-state index >= 15 is 0 Å². The highest BCUT2D eigenvalue weighted by Gasteiger charge is 2.37. The molecule has 1 unspecified atom stereocenters. The molecule has 2 N–H and O–H groups in total. The molecule has 0 spiro atoms. The van der Waals surface area contributed by atoms with Gasteiger partial charge in [0.1, 0.15) is 6.17 Å². The Bertz CT molecular complexity index is 86.5. The Morgan fingerprint density at radius 2 is 2.12 bits per heavy atom. The first-order valence-corrected chi connectivity index (χ1v) is 3.08. The molecule has 0 saturated heterocycles. The zero-order valence-corrected chi connectivity index (χ0v) is 5.15. The van der Waals surface area contributed by atoms with Gasteiger partial charge in [-0.15, -0.1) is 0 Å². The van der Waals surface area contributed by atoms with Crippen LogP contribution >= 0.6 is 0 Å². The van der Waals surface area contributed by atoms with E-state index in [-0.39, 0.29) is 0 Å². The molecule has 1 atom stereocenters.